The van der Waals surface area contributed by atoms with Crippen molar-refractivity contribution in [1.29, 1.82) is 0 Å². The van der Waals surface area contributed by atoms with Gasteiger partial charge in [-0.05, 0) is 11.4 Å². The first-order valence-corrected chi connectivity index (χ1v) is 5.64. The number of ether oxygens (including phenoxy) is 1. The minimum Gasteiger partial charge on any atom is -0.384 e. The summed E-state index contributed by atoms with van der Waals surface area (Å²) in [6.07, 6.45) is 0.749. The Balaban J connectivity index is 2.40. The van der Waals surface area contributed by atoms with Crippen LogP contribution in [0.5, 0.6) is 0 Å². The predicted octanol–water partition coefficient (Wildman–Crippen LogP) is 1.92. The van der Waals surface area contributed by atoms with E-state index in [0.717, 1.165) is 28.3 Å². The normalized spacial score (nSPS) is 10.8. The Morgan fingerprint density at radius 2 is 2.33 bits per heavy atom. The third kappa shape index (κ3) is 2.08. The first-order valence-electron chi connectivity index (χ1n) is 4.76. The SMILES string of the molecule is CNc1nc(CCOC)nc2sccc12. The van der Waals surface area contributed by atoms with Crippen LogP contribution in [-0.4, -0.2) is 30.7 Å². The van der Waals surface area contributed by atoms with Gasteiger partial charge in [0.2, 0.25) is 0 Å². The number of anilines is 1. The number of hydrogen-bond acceptors (Lipinski definition) is 5. The second-order valence-corrected chi connectivity index (χ2v) is 4.02. The Labute approximate surface area is 92.3 Å². The first kappa shape index (κ1) is 10.3. The summed E-state index contributed by atoms with van der Waals surface area (Å²) in [5.74, 6) is 1.73. The fraction of sp³-hybridized carbons (Fsp3) is 0.400. The summed E-state index contributed by atoms with van der Waals surface area (Å²) in [6, 6.07) is 2.03. The molecule has 4 nitrogen and oxygen atoms in total. The number of methoxy groups -OCH3 is 1. The van der Waals surface area contributed by atoms with Gasteiger partial charge in [-0.3, -0.25) is 0 Å². The summed E-state index contributed by atoms with van der Waals surface area (Å²) in [6.45, 7) is 0.653. The molecule has 0 unspecified atom stereocenters. The van der Waals surface area contributed by atoms with Crippen molar-refractivity contribution in [2.45, 2.75) is 6.42 Å². The van der Waals surface area contributed by atoms with Crippen LogP contribution in [0.1, 0.15) is 5.82 Å². The number of nitrogens with one attached hydrogen (secondary N) is 1. The second kappa shape index (κ2) is 4.55. The van der Waals surface area contributed by atoms with Crippen molar-refractivity contribution in [1.82, 2.24) is 9.97 Å². The van der Waals surface area contributed by atoms with E-state index >= 15 is 0 Å². The Morgan fingerprint density at radius 3 is 3.07 bits per heavy atom. The number of hydrogen-bond donors (Lipinski definition) is 1. The van der Waals surface area contributed by atoms with Crippen LogP contribution >= 0.6 is 11.3 Å². The molecule has 0 aliphatic rings. The third-order valence-corrected chi connectivity index (χ3v) is 2.94. The number of fused-ring (bicyclic) bond motifs is 1. The monoisotopic (exact) mass is 223 g/mol. The lowest BCUT2D eigenvalue weighted by atomic mass is 10.3. The molecule has 0 spiro atoms. The fourth-order valence-electron chi connectivity index (χ4n) is 1.40. The van der Waals surface area contributed by atoms with Gasteiger partial charge in [0, 0.05) is 20.6 Å². The molecule has 0 bridgehead atoms. The molecule has 2 heterocycles. The minimum atomic E-state index is 0.653. The molecule has 5 heteroatoms. The van der Waals surface area contributed by atoms with E-state index in [9.17, 15) is 0 Å². The van der Waals surface area contributed by atoms with Gasteiger partial charge in [0.25, 0.3) is 0 Å². The number of thiophene rings is 1. The van der Waals surface area contributed by atoms with E-state index in [2.05, 4.69) is 15.3 Å². The van der Waals surface area contributed by atoms with E-state index in [1.165, 1.54) is 0 Å². The van der Waals surface area contributed by atoms with Crippen LogP contribution in [0, 0.1) is 0 Å². The fourth-order valence-corrected chi connectivity index (χ4v) is 2.18. The summed E-state index contributed by atoms with van der Waals surface area (Å²) in [5, 5.41) is 6.20. The molecule has 0 amide bonds. The Morgan fingerprint density at radius 1 is 1.47 bits per heavy atom. The van der Waals surface area contributed by atoms with Gasteiger partial charge in [0.1, 0.15) is 16.5 Å². The van der Waals surface area contributed by atoms with Crippen molar-refractivity contribution < 1.29 is 4.74 Å². The van der Waals surface area contributed by atoms with Crippen LogP contribution in [0.15, 0.2) is 11.4 Å². The maximum Gasteiger partial charge on any atom is 0.138 e. The zero-order chi connectivity index (χ0) is 10.7. The molecule has 2 rings (SSSR count). The summed E-state index contributed by atoms with van der Waals surface area (Å²) in [5.41, 5.74) is 0. The molecule has 2 aromatic heterocycles. The molecule has 0 radical (unpaired) electrons. The first-order chi connectivity index (χ1) is 7.35. The summed E-state index contributed by atoms with van der Waals surface area (Å²) < 4.78 is 5.02. The largest absolute Gasteiger partial charge is 0.384 e. The average molecular weight is 223 g/mol. The quantitative estimate of drug-likeness (QED) is 0.860. The van der Waals surface area contributed by atoms with Gasteiger partial charge >= 0.3 is 0 Å². The summed E-state index contributed by atoms with van der Waals surface area (Å²) >= 11 is 1.63. The van der Waals surface area contributed by atoms with Crippen molar-refractivity contribution in [2.75, 3.05) is 26.1 Å². The molecule has 1 N–H and O–H groups in total. The van der Waals surface area contributed by atoms with Crippen LogP contribution in [0.2, 0.25) is 0 Å². The van der Waals surface area contributed by atoms with Crippen molar-refractivity contribution in [3.05, 3.63) is 17.3 Å². The Bertz CT molecular complexity index is 455. The van der Waals surface area contributed by atoms with E-state index in [-0.39, 0.29) is 0 Å². The lowest BCUT2D eigenvalue weighted by molar-refractivity contribution is 0.200. The van der Waals surface area contributed by atoms with Crippen LogP contribution in [0.4, 0.5) is 5.82 Å². The van der Waals surface area contributed by atoms with Crippen molar-refractivity contribution in [2.24, 2.45) is 0 Å². The van der Waals surface area contributed by atoms with E-state index < -0.39 is 0 Å². The maximum atomic E-state index is 5.02. The molecule has 80 valence electrons. The van der Waals surface area contributed by atoms with Crippen molar-refractivity contribution in [3.63, 3.8) is 0 Å². The molecular formula is C10H13N3OS. The Kier molecular flexibility index (Phi) is 3.13. The predicted molar refractivity (Wildman–Crippen MR) is 62.5 cm³/mol. The zero-order valence-electron chi connectivity index (χ0n) is 8.78. The number of nitrogens with zero attached hydrogens (tertiary/aromatic N) is 2. The summed E-state index contributed by atoms with van der Waals surface area (Å²) in [4.78, 5) is 9.93. The summed E-state index contributed by atoms with van der Waals surface area (Å²) in [7, 11) is 3.56. The lowest BCUT2D eigenvalue weighted by Crippen LogP contribution is -2.03. The van der Waals surface area contributed by atoms with Gasteiger partial charge in [-0.25, -0.2) is 9.97 Å². The van der Waals surface area contributed by atoms with Gasteiger partial charge < -0.3 is 10.1 Å². The molecule has 0 saturated heterocycles. The molecule has 15 heavy (non-hydrogen) atoms. The standard InChI is InChI=1S/C10H13N3OS/c1-11-9-7-4-6-15-10(7)13-8(12-9)3-5-14-2/h4,6H,3,5H2,1-2H3,(H,11,12,13). The highest BCUT2D eigenvalue weighted by molar-refractivity contribution is 7.16. The number of rotatable bonds is 4. The molecule has 0 aromatic carbocycles. The molecule has 0 atom stereocenters. The van der Waals surface area contributed by atoms with Crippen LogP contribution < -0.4 is 5.32 Å². The van der Waals surface area contributed by atoms with E-state index in [0.29, 0.717) is 6.61 Å². The highest BCUT2D eigenvalue weighted by Gasteiger charge is 2.06. The molecule has 2 aromatic rings. The maximum absolute atomic E-state index is 5.02. The highest BCUT2D eigenvalue weighted by atomic mass is 32.1. The lowest BCUT2D eigenvalue weighted by Gasteiger charge is -2.04. The molecule has 0 saturated carbocycles. The number of aromatic nitrogens is 2. The average Bonchev–Trinajstić information content (AvgIpc) is 2.73. The molecule has 0 aliphatic carbocycles. The molecular weight excluding hydrogens is 210 g/mol. The van der Waals surface area contributed by atoms with Gasteiger partial charge in [-0.2, -0.15) is 0 Å². The smallest absolute Gasteiger partial charge is 0.138 e. The topological polar surface area (TPSA) is 47.0 Å². The second-order valence-electron chi connectivity index (χ2n) is 3.12. The van der Waals surface area contributed by atoms with E-state index in [1.54, 1.807) is 18.4 Å². The van der Waals surface area contributed by atoms with Gasteiger partial charge in [0.05, 0.1) is 12.0 Å². The Hall–Kier alpha value is -1.20. The zero-order valence-corrected chi connectivity index (χ0v) is 9.60. The minimum absolute atomic E-state index is 0.653. The highest BCUT2D eigenvalue weighted by Crippen LogP contribution is 2.24. The van der Waals surface area contributed by atoms with Gasteiger partial charge in [-0.15, -0.1) is 11.3 Å². The van der Waals surface area contributed by atoms with Gasteiger partial charge in [-0.1, -0.05) is 0 Å². The van der Waals surface area contributed by atoms with Crippen LogP contribution in [0.25, 0.3) is 10.2 Å². The van der Waals surface area contributed by atoms with Crippen molar-refractivity contribution in [3.8, 4) is 0 Å². The molecule has 0 fully saturated rings. The van der Waals surface area contributed by atoms with E-state index in [4.69, 9.17) is 4.74 Å². The van der Waals surface area contributed by atoms with Gasteiger partial charge in [0.15, 0.2) is 0 Å². The third-order valence-electron chi connectivity index (χ3n) is 2.14. The van der Waals surface area contributed by atoms with Crippen LogP contribution in [-0.2, 0) is 11.2 Å². The van der Waals surface area contributed by atoms with Crippen molar-refractivity contribution >= 4 is 27.4 Å². The van der Waals surface area contributed by atoms with E-state index in [1.807, 2.05) is 18.5 Å². The molecule has 0 aliphatic heterocycles. The van der Waals surface area contributed by atoms with Crippen LogP contribution in [0.3, 0.4) is 0 Å².